The molecule has 1 unspecified atom stereocenters. The van der Waals surface area contributed by atoms with Crippen LogP contribution in [0.15, 0.2) is 15.9 Å². The zero-order chi connectivity index (χ0) is 11.4. The molecule has 1 fully saturated rings. The van der Waals surface area contributed by atoms with E-state index in [9.17, 15) is 4.79 Å². The predicted octanol–water partition coefficient (Wildman–Crippen LogP) is 2.13. The Hall–Kier alpha value is -0.390. The fraction of sp³-hybridized carbons (Fsp3) is 0.545. The number of carbonyl (C=O) groups is 1. The van der Waals surface area contributed by atoms with Gasteiger partial charge in [0.2, 0.25) is 5.91 Å². The molecule has 1 aromatic heterocycles. The molecule has 5 heteroatoms. The van der Waals surface area contributed by atoms with Gasteiger partial charge < -0.3 is 10.6 Å². The van der Waals surface area contributed by atoms with E-state index in [2.05, 4.69) is 26.6 Å². The molecule has 3 nitrogen and oxygen atoms in total. The molecule has 0 aliphatic carbocycles. The van der Waals surface area contributed by atoms with E-state index in [0.29, 0.717) is 6.54 Å². The summed E-state index contributed by atoms with van der Waals surface area (Å²) in [6, 6.07) is 2.05. The molecule has 2 N–H and O–H groups in total. The van der Waals surface area contributed by atoms with Crippen LogP contribution in [0.2, 0.25) is 0 Å². The van der Waals surface area contributed by atoms with Crippen molar-refractivity contribution < 1.29 is 4.79 Å². The first-order valence-corrected chi connectivity index (χ1v) is 7.14. The number of halogens is 1. The molecule has 2 rings (SSSR count). The van der Waals surface area contributed by atoms with Crippen LogP contribution in [0.4, 0.5) is 0 Å². The van der Waals surface area contributed by atoms with Gasteiger partial charge in [0.25, 0.3) is 0 Å². The molecular weight excluding hydrogens is 288 g/mol. The third-order valence-electron chi connectivity index (χ3n) is 2.73. The zero-order valence-electron chi connectivity index (χ0n) is 8.96. The Bertz CT molecular complexity index is 361. The Labute approximate surface area is 108 Å². The molecule has 1 saturated heterocycles. The standard InChI is InChI=1S/C11H15BrN2OS/c12-9-4-10(16-7-9)6-14-11(15)8-2-1-3-13-5-8/h4,7-8,13H,1-3,5-6H2,(H,14,15). The maximum atomic E-state index is 11.8. The fourth-order valence-corrected chi connectivity index (χ4v) is 3.23. The van der Waals surface area contributed by atoms with Crippen molar-refractivity contribution in [2.45, 2.75) is 19.4 Å². The van der Waals surface area contributed by atoms with Gasteiger partial charge in [0.05, 0.1) is 12.5 Å². The van der Waals surface area contributed by atoms with Crippen LogP contribution in [0.5, 0.6) is 0 Å². The maximum absolute atomic E-state index is 11.8. The van der Waals surface area contributed by atoms with E-state index < -0.39 is 0 Å². The maximum Gasteiger partial charge on any atom is 0.224 e. The molecule has 88 valence electrons. The summed E-state index contributed by atoms with van der Waals surface area (Å²) >= 11 is 5.06. The van der Waals surface area contributed by atoms with Gasteiger partial charge in [0.1, 0.15) is 0 Å². The highest BCUT2D eigenvalue weighted by atomic mass is 79.9. The highest BCUT2D eigenvalue weighted by Crippen LogP contribution is 2.19. The van der Waals surface area contributed by atoms with E-state index in [1.807, 2.05) is 11.4 Å². The number of rotatable bonds is 3. The lowest BCUT2D eigenvalue weighted by Gasteiger charge is -2.21. The molecule has 1 amide bonds. The second kappa shape index (κ2) is 5.80. The Morgan fingerprint density at radius 1 is 1.69 bits per heavy atom. The third-order valence-corrected chi connectivity index (χ3v) is 4.42. The summed E-state index contributed by atoms with van der Waals surface area (Å²) in [5.74, 6) is 0.328. The minimum atomic E-state index is 0.150. The zero-order valence-corrected chi connectivity index (χ0v) is 11.4. The molecule has 1 atom stereocenters. The number of nitrogens with one attached hydrogen (secondary N) is 2. The first kappa shape index (κ1) is 12.1. The molecule has 1 aromatic rings. The molecule has 0 saturated carbocycles. The van der Waals surface area contributed by atoms with Crippen molar-refractivity contribution in [2.75, 3.05) is 13.1 Å². The van der Waals surface area contributed by atoms with Crippen molar-refractivity contribution in [3.05, 3.63) is 20.8 Å². The second-order valence-electron chi connectivity index (χ2n) is 3.99. The van der Waals surface area contributed by atoms with Crippen LogP contribution in [0.1, 0.15) is 17.7 Å². The lowest BCUT2D eigenvalue weighted by atomic mass is 9.99. The molecule has 0 aromatic carbocycles. The highest BCUT2D eigenvalue weighted by molar-refractivity contribution is 9.10. The van der Waals surface area contributed by atoms with Crippen LogP contribution in [0.25, 0.3) is 0 Å². The monoisotopic (exact) mass is 302 g/mol. The van der Waals surface area contributed by atoms with E-state index in [1.165, 1.54) is 4.88 Å². The van der Waals surface area contributed by atoms with Crippen LogP contribution >= 0.6 is 27.3 Å². The predicted molar refractivity (Wildman–Crippen MR) is 69.5 cm³/mol. The summed E-state index contributed by atoms with van der Waals surface area (Å²) in [6.45, 7) is 2.51. The van der Waals surface area contributed by atoms with Crippen molar-refractivity contribution in [3.8, 4) is 0 Å². The second-order valence-corrected chi connectivity index (χ2v) is 5.90. The van der Waals surface area contributed by atoms with Gasteiger partial charge in [0, 0.05) is 21.3 Å². The molecule has 16 heavy (non-hydrogen) atoms. The van der Waals surface area contributed by atoms with Gasteiger partial charge in [-0.05, 0) is 41.4 Å². The minimum Gasteiger partial charge on any atom is -0.351 e. The SMILES string of the molecule is O=C(NCc1cc(Br)cs1)C1CCCNC1. The van der Waals surface area contributed by atoms with Gasteiger partial charge in [-0.1, -0.05) is 0 Å². The van der Waals surface area contributed by atoms with Crippen molar-refractivity contribution in [1.29, 1.82) is 0 Å². The van der Waals surface area contributed by atoms with Crippen molar-refractivity contribution in [1.82, 2.24) is 10.6 Å². The topological polar surface area (TPSA) is 41.1 Å². The summed E-state index contributed by atoms with van der Waals surface area (Å²) < 4.78 is 1.08. The molecule has 0 spiro atoms. The Morgan fingerprint density at radius 2 is 2.56 bits per heavy atom. The summed E-state index contributed by atoms with van der Waals surface area (Å²) in [4.78, 5) is 13.0. The van der Waals surface area contributed by atoms with E-state index >= 15 is 0 Å². The number of amides is 1. The van der Waals surface area contributed by atoms with Crippen LogP contribution in [-0.2, 0) is 11.3 Å². The van der Waals surface area contributed by atoms with Gasteiger partial charge in [-0.2, -0.15) is 0 Å². The van der Waals surface area contributed by atoms with Crippen molar-refractivity contribution in [3.63, 3.8) is 0 Å². The first-order chi connectivity index (χ1) is 7.75. The molecule has 1 aliphatic heterocycles. The van der Waals surface area contributed by atoms with E-state index in [0.717, 1.165) is 30.4 Å². The van der Waals surface area contributed by atoms with Crippen LogP contribution in [0, 0.1) is 5.92 Å². The van der Waals surface area contributed by atoms with E-state index in [-0.39, 0.29) is 11.8 Å². The van der Waals surface area contributed by atoms with Gasteiger partial charge in [0.15, 0.2) is 0 Å². The lowest BCUT2D eigenvalue weighted by molar-refractivity contribution is -0.125. The van der Waals surface area contributed by atoms with Gasteiger partial charge >= 0.3 is 0 Å². The molecule has 0 radical (unpaired) electrons. The van der Waals surface area contributed by atoms with Gasteiger partial charge in [-0.15, -0.1) is 11.3 Å². The number of hydrogen-bond acceptors (Lipinski definition) is 3. The van der Waals surface area contributed by atoms with Crippen molar-refractivity contribution >= 4 is 33.2 Å². The quantitative estimate of drug-likeness (QED) is 0.898. The Kier molecular flexibility index (Phi) is 4.37. The summed E-state index contributed by atoms with van der Waals surface area (Å²) in [7, 11) is 0. The third kappa shape index (κ3) is 3.30. The highest BCUT2D eigenvalue weighted by Gasteiger charge is 2.20. The fourth-order valence-electron chi connectivity index (χ4n) is 1.84. The number of carbonyl (C=O) groups excluding carboxylic acids is 1. The molecule has 2 heterocycles. The molecular formula is C11H15BrN2OS. The number of piperidine rings is 1. The average Bonchev–Trinajstić information content (AvgIpc) is 2.73. The van der Waals surface area contributed by atoms with Crippen LogP contribution < -0.4 is 10.6 Å². The summed E-state index contributed by atoms with van der Waals surface area (Å²) in [6.07, 6.45) is 2.11. The van der Waals surface area contributed by atoms with Gasteiger partial charge in [-0.3, -0.25) is 4.79 Å². The Balaban J connectivity index is 1.78. The molecule has 1 aliphatic rings. The number of hydrogen-bond donors (Lipinski definition) is 2. The first-order valence-electron chi connectivity index (χ1n) is 5.47. The average molecular weight is 303 g/mol. The lowest BCUT2D eigenvalue weighted by Crippen LogP contribution is -2.40. The normalized spacial score (nSPS) is 20.7. The summed E-state index contributed by atoms with van der Waals surface area (Å²) in [5.41, 5.74) is 0. The largest absolute Gasteiger partial charge is 0.351 e. The minimum absolute atomic E-state index is 0.150. The smallest absolute Gasteiger partial charge is 0.224 e. The molecule has 0 bridgehead atoms. The van der Waals surface area contributed by atoms with E-state index in [1.54, 1.807) is 11.3 Å². The summed E-state index contributed by atoms with van der Waals surface area (Å²) in [5, 5.41) is 8.28. The number of thiophene rings is 1. The van der Waals surface area contributed by atoms with Crippen LogP contribution in [0.3, 0.4) is 0 Å². The van der Waals surface area contributed by atoms with Gasteiger partial charge in [-0.25, -0.2) is 0 Å². The van der Waals surface area contributed by atoms with Crippen LogP contribution in [-0.4, -0.2) is 19.0 Å². The van der Waals surface area contributed by atoms with E-state index in [4.69, 9.17) is 0 Å². The Morgan fingerprint density at radius 3 is 3.19 bits per heavy atom. The van der Waals surface area contributed by atoms with Crippen molar-refractivity contribution in [2.24, 2.45) is 5.92 Å².